The van der Waals surface area contributed by atoms with Crippen LogP contribution in [0.4, 0.5) is 18.9 Å². The second kappa shape index (κ2) is 3.98. The second-order valence-corrected chi connectivity index (χ2v) is 6.34. The van der Waals surface area contributed by atoms with E-state index in [1.165, 1.54) is 18.6 Å². The number of rotatable bonds is 2. The Hall–Kier alpha value is -1.03. The van der Waals surface area contributed by atoms with Gasteiger partial charge in [-0.1, -0.05) is 13.8 Å². The molecule has 0 aromatic heterocycles. The summed E-state index contributed by atoms with van der Waals surface area (Å²) in [5, 5.41) is 0. The minimum atomic E-state index is -4.23. The first-order valence-corrected chi connectivity index (χ1v) is 6.87. The molecule has 3 unspecified atom stereocenters. The largest absolute Gasteiger partial charge is 0.416 e. The molecule has 3 atom stereocenters. The molecule has 1 aromatic rings. The molecular weight excluding hydrogens is 251 g/mol. The van der Waals surface area contributed by atoms with Crippen molar-refractivity contribution in [3.63, 3.8) is 0 Å². The maximum atomic E-state index is 12.6. The normalized spacial score (nSPS) is 33.6. The standard InChI is InChI=1S/C15H19F3N/c1-10(2)11-7-14-9-19(14,8-11)13-5-3-12(4-6-13)15(16,17)18/h3-6,10-11,14H,7-9H2,1-2H3/q+1. The lowest BCUT2D eigenvalue weighted by atomic mass is 9.93. The fraction of sp³-hybridized carbons (Fsp3) is 0.600. The molecule has 4 heteroatoms. The zero-order chi connectivity index (χ0) is 13.8. The van der Waals surface area contributed by atoms with Crippen molar-refractivity contribution in [2.45, 2.75) is 32.5 Å². The first-order chi connectivity index (χ1) is 8.83. The van der Waals surface area contributed by atoms with Crippen molar-refractivity contribution in [1.29, 1.82) is 0 Å². The number of piperidine rings is 1. The van der Waals surface area contributed by atoms with Gasteiger partial charge in [0, 0.05) is 12.3 Å². The van der Waals surface area contributed by atoms with Gasteiger partial charge in [0.1, 0.15) is 18.3 Å². The minimum absolute atomic E-state index is 0.549. The van der Waals surface area contributed by atoms with E-state index in [1.807, 2.05) is 0 Å². The Morgan fingerprint density at radius 2 is 1.74 bits per heavy atom. The Balaban J connectivity index is 1.81. The van der Waals surface area contributed by atoms with Crippen molar-refractivity contribution in [3.8, 4) is 0 Å². The summed E-state index contributed by atoms with van der Waals surface area (Å²) < 4.78 is 38.6. The maximum Gasteiger partial charge on any atom is 0.416 e. The molecule has 19 heavy (non-hydrogen) atoms. The van der Waals surface area contributed by atoms with Gasteiger partial charge < -0.3 is 0 Å². The molecule has 0 spiro atoms. The Labute approximate surface area is 111 Å². The zero-order valence-electron chi connectivity index (χ0n) is 11.2. The number of benzene rings is 1. The molecule has 1 aromatic carbocycles. The Morgan fingerprint density at radius 3 is 2.21 bits per heavy atom. The van der Waals surface area contributed by atoms with Crippen LogP contribution in [0.25, 0.3) is 0 Å². The molecule has 2 aliphatic rings. The van der Waals surface area contributed by atoms with Gasteiger partial charge in [-0.15, -0.1) is 0 Å². The van der Waals surface area contributed by atoms with Crippen LogP contribution >= 0.6 is 0 Å². The van der Waals surface area contributed by atoms with E-state index in [0.717, 1.165) is 23.3 Å². The van der Waals surface area contributed by atoms with Gasteiger partial charge in [0.2, 0.25) is 0 Å². The Kier molecular flexibility index (Phi) is 2.72. The number of nitrogens with zero attached hydrogens (tertiary/aromatic N) is 1. The van der Waals surface area contributed by atoms with E-state index in [-0.39, 0.29) is 0 Å². The lowest BCUT2D eigenvalue weighted by Crippen LogP contribution is -2.29. The van der Waals surface area contributed by atoms with Gasteiger partial charge in [-0.05, 0) is 30.2 Å². The van der Waals surface area contributed by atoms with E-state index >= 15 is 0 Å². The molecule has 0 N–H and O–H groups in total. The van der Waals surface area contributed by atoms with E-state index in [4.69, 9.17) is 0 Å². The number of quaternary nitrogens is 1. The van der Waals surface area contributed by atoms with Crippen LogP contribution in [0, 0.1) is 11.8 Å². The van der Waals surface area contributed by atoms with Crippen molar-refractivity contribution in [3.05, 3.63) is 29.8 Å². The predicted molar refractivity (Wildman–Crippen MR) is 69.7 cm³/mol. The van der Waals surface area contributed by atoms with Crippen LogP contribution in [0.3, 0.4) is 0 Å². The highest BCUT2D eigenvalue weighted by atomic mass is 19.4. The fourth-order valence-electron chi connectivity index (χ4n) is 3.52. The summed E-state index contributed by atoms with van der Waals surface area (Å²) >= 11 is 0. The number of fused-ring (bicyclic) bond motifs is 1. The van der Waals surface area contributed by atoms with Crippen molar-refractivity contribution >= 4 is 5.69 Å². The van der Waals surface area contributed by atoms with Crippen molar-refractivity contribution in [2.24, 2.45) is 11.8 Å². The molecular formula is C15H19F3N+. The van der Waals surface area contributed by atoms with Crippen LogP contribution < -0.4 is 4.48 Å². The highest BCUT2D eigenvalue weighted by Crippen LogP contribution is 2.50. The smallest absolute Gasteiger partial charge is 0.279 e. The second-order valence-electron chi connectivity index (χ2n) is 6.34. The molecule has 2 heterocycles. The van der Waals surface area contributed by atoms with E-state index < -0.39 is 11.7 Å². The number of hydrogen-bond acceptors (Lipinski definition) is 0. The molecule has 0 amide bonds. The van der Waals surface area contributed by atoms with Crippen LogP contribution in [-0.2, 0) is 6.18 Å². The van der Waals surface area contributed by atoms with Crippen molar-refractivity contribution in [1.82, 2.24) is 4.48 Å². The quantitative estimate of drug-likeness (QED) is 0.561. The van der Waals surface area contributed by atoms with Gasteiger partial charge in [-0.3, -0.25) is 4.48 Å². The van der Waals surface area contributed by atoms with Crippen LogP contribution in [0.2, 0.25) is 0 Å². The molecule has 1 nitrogen and oxygen atoms in total. The first-order valence-electron chi connectivity index (χ1n) is 6.87. The molecule has 104 valence electrons. The lowest BCUT2D eigenvalue weighted by Gasteiger charge is -2.20. The number of halogens is 3. The summed E-state index contributed by atoms with van der Waals surface area (Å²) in [5.41, 5.74) is 0.508. The lowest BCUT2D eigenvalue weighted by molar-refractivity contribution is -0.137. The maximum absolute atomic E-state index is 12.6. The van der Waals surface area contributed by atoms with Crippen LogP contribution in [-0.4, -0.2) is 19.1 Å². The summed E-state index contributed by atoms with van der Waals surface area (Å²) in [7, 11) is 0. The fourth-order valence-corrected chi connectivity index (χ4v) is 3.52. The van der Waals surface area contributed by atoms with Crippen LogP contribution in [0.1, 0.15) is 25.8 Å². The zero-order valence-corrected chi connectivity index (χ0v) is 11.2. The Bertz CT molecular complexity index is 477. The molecule has 2 saturated heterocycles. The minimum Gasteiger partial charge on any atom is -0.279 e. The molecule has 2 fully saturated rings. The van der Waals surface area contributed by atoms with Gasteiger partial charge in [0.05, 0.1) is 12.1 Å². The number of hydrogen-bond donors (Lipinski definition) is 0. The van der Waals surface area contributed by atoms with Crippen LogP contribution in [0.5, 0.6) is 0 Å². The van der Waals surface area contributed by atoms with Crippen molar-refractivity contribution in [2.75, 3.05) is 13.1 Å². The summed E-state index contributed by atoms with van der Waals surface area (Å²) in [5.74, 6) is 1.37. The third kappa shape index (κ3) is 2.06. The number of alkyl halides is 3. The molecule has 0 bridgehead atoms. The highest BCUT2D eigenvalue weighted by molar-refractivity contribution is 5.52. The third-order valence-electron chi connectivity index (χ3n) is 4.89. The van der Waals surface area contributed by atoms with E-state index in [1.54, 1.807) is 12.1 Å². The average molecular weight is 270 g/mol. The van der Waals surface area contributed by atoms with Crippen molar-refractivity contribution < 1.29 is 13.2 Å². The van der Waals surface area contributed by atoms with Gasteiger partial charge in [-0.25, -0.2) is 0 Å². The molecule has 2 aliphatic heterocycles. The molecule has 0 radical (unpaired) electrons. The topological polar surface area (TPSA) is 0 Å². The predicted octanol–water partition coefficient (Wildman–Crippen LogP) is 4.07. The summed E-state index contributed by atoms with van der Waals surface area (Å²) in [4.78, 5) is 0. The average Bonchev–Trinajstić information content (AvgIpc) is 2.91. The third-order valence-corrected chi connectivity index (χ3v) is 4.89. The molecule has 0 aliphatic carbocycles. The van der Waals surface area contributed by atoms with Gasteiger partial charge >= 0.3 is 6.18 Å². The summed E-state index contributed by atoms with van der Waals surface area (Å²) in [6.07, 6.45) is -3.01. The van der Waals surface area contributed by atoms with Crippen LogP contribution in [0.15, 0.2) is 24.3 Å². The first kappa shape index (κ1) is 13.0. The van der Waals surface area contributed by atoms with E-state index in [9.17, 15) is 13.2 Å². The summed E-state index contributed by atoms with van der Waals surface area (Å²) in [6, 6.07) is 6.43. The Morgan fingerprint density at radius 1 is 1.11 bits per heavy atom. The highest BCUT2D eigenvalue weighted by Gasteiger charge is 2.63. The monoisotopic (exact) mass is 270 g/mol. The van der Waals surface area contributed by atoms with Gasteiger partial charge in [-0.2, -0.15) is 13.2 Å². The SMILES string of the molecule is CC(C)C1CC2C[N+]2(c2ccc(C(F)(F)F)cc2)C1. The summed E-state index contributed by atoms with van der Waals surface area (Å²) in [6.45, 7) is 6.67. The molecule has 0 saturated carbocycles. The van der Waals surface area contributed by atoms with E-state index in [0.29, 0.717) is 17.9 Å². The van der Waals surface area contributed by atoms with E-state index in [2.05, 4.69) is 13.8 Å². The van der Waals surface area contributed by atoms with Gasteiger partial charge in [0.25, 0.3) is 0 Å². The van der Waals surface area contributed by atoms with Gasteiger partial charge in [0.15, 0.2) is 0 Å². The molecule has 3 rings (SSSR count).